The Morgan fingerprint density at radius 2 is 2.19 bits per heavy atom. The number of aryl methyl sites for hydroxylation is 1. The van der Waals surface area contributed by atoms with Gasteiger partial charge in [0.15, 0.2) is 5.25 Å². The number of hydrogen-bond acceptors (Lipinski definition) is 5. The zero-order valence-corrected chi connectivity index (χ0v) is 9.82. The average Bonchev–Trinajstić information content (AvgIpc) is 2.27. The van der Waals surface area contributed by atoms with Gasteiger partial charge in [-0.25, -0.2) is 13.1 Å². The van der Waals surface area contributed by atoms with Crippen LogP contribution in [0.2, 0.25) is 0 Å². The molecule has 0 spiro atoms. The lowest BCUT2D eigenvalue weighted by molar-refractivity contribution is 0.576. The van der Waals surface area contributed by atoms with Crippen LogP contribution in [-0.4, -0.2) is 23.6 Å². The molecule has 1 aromatic heterocycles. The first-order chi connectivity index (χ1) is 7.45. The molecule has 86 valence electrons. The molecule has 7 heteroatoms. The van der Waals surface area contributed by atoms with Gasteiger partial charge in [-0.3, -0.25) is 9.97 Å². The molecule has 1 heterocycles. The molecule has 0 aliphatic heterocycles. The topological polar surface area (TPSA) is 95.7 Å². The van der Waals surface area contributed by atoms with Crippen molar-refractivity contribution in [3.63, 3.8) is 0 Å². The van der Waals surface area contributed by atoms with Crippen molar-refractivity contribution in [2.45, 2.75) is 25.6 Å². The zero-order chi connectivity index (χ0) is 12.2. The Morgan fingerprint density at radius 1 is 1.50 bits per heavy atom. The van der Waals surface area contributed by atoms with Gasteiger partial charge in [0, 0.05) is 6.20 Å². The Kier molecular flexibility index (Phi) is 3.93. The van der Waals surface area contributed by atoms with Crippen molar-refractivity contribution in [2.75, 3.05) is 0 Å². The summed E-state index contributed by atoms with van der Waals surface area (Å²) in [4.78, 5) is 7.98. The van der Waals surface area contributed by atoms with Crippen molar-refractivity contribution >= 4 is 10.0 Å². The van der Waals surface area contributed by atoms with E-state index >= 15 is 0 Å². The average molecular weight is 240 g/mol. The molecule has 1 aromatic rings. The molecule has 0 bridgehead atoms. The van der Waals surface area contributed by atoms with Gasteiger partial charge in [0.1, 0.15) is 0 Å². The van der Waals surface area contributed by atoms with E-state index in [0.29, 0.717) is 5.69 Å². The summed E-state index contributed by atoms with van der Waals surface area (Å²) in [5, 5.41) is 7.43. The highest BCUT2D eigenvalue weighted by molar-refractivity contribution is 7.90. The molecule has 0 saturated heterocycles. The molecule has 0 fully saturated rings. The maximum absolute atomic E-state index is 11.4. The van der Waals surface area contributed by atoms with Crippen LogP contribution in [0.3, 0.4) is 0 Å². The minimum absolute atomic E-state index is 0.0433. The Bertz CT molecular complexity index is 489. The van der Waals surface area contributed by atoms with Crippen LogP contribution in [0.5, 0.6) is 0 Å². The lowest BCUT2D eigenvalue weighted by atomic mass is 10.4. The molecule has 1 rings (SSSR count). The van der Waals surface area contributed by atoms with Crippen molar-refractivity contribution in [3.8, 4) is 6.07 Å². The fourth-order valence-corrected chi connectivity index (χ4v) is 1.62. The molecule has 0 aliphatic carbocycles. The van der Waals surface area contributed by atoms with Crippen molar-refractivity contribution in [1.82, 2.24) is 14.7 Å². The number of sulfonamides is 1. The van der Waals surface area contributed by atoms with E-state index in [1.807, 2.05) is 0 Å². The quantitative estimate of drug-likeness (QED) is 0.806. The maximum atomic E-state index is 11.4. The number of nitrogens with one attached hydrogen (secondary N) is 1. The predicted octanol–water partition coefficient (Wildman–Crippen LogP) is 0.116. The van der Waals surface area contributed by atoms with E-state index in [1.54, 1.807) is 19.2 Å². The fourth-order valence-electron chi connectivity index (χ4n) is 0.880. The second-order valence-electron chi connectivity index (χ2n) is 3.29. The first-order valence-corrected chi connectivity index (χ1v) is 6.16. The van der Waals surface area contributed by atoms with E-state index in [9.17, 15) is 8.42 Å². The molecule has 1 atom stereocenters. The van der Waals surface area contributed by atoms with Crippen molar-refractivity contribution in [1.29, 1.82) is 5.26 Å². The van der Waals surface area contributed by atoms with Crippen LogP contribution in [0.15, 0.2) is 12.4 Å². The molecular weight excluding hydrogens is 228 g/mol. The summed E-state index contributed by atoms with van der Waals surface area (Å²) < 4.78 is 25.1. The second kappa shape index (κ2) is 5.01. The van der Waals surface area contributed by atoms with Gasteiger partial charge in [0.2, 0.25) is 10.0 Å². The normalized spacial score (nSPS) is 13.1. The molecule has 0 radical (unpaired) electrons. The van der Waals surface area contributed by atoms with E-state index in [4.69, 9.17) is 5.26 Å². The largest absolute Gasteiger partial charge is 0.258 e. The summed E-state index contributed by atoms with van der Waals surface area (Å²) in [6, 6.07) is 1.66. The summed E-state index contributed by atoms with van der Waals surface area (Å²) in [5.74, 6) is 0. The van der Waals surface area contributed by atoms with E-state index < -0.39 is 15.3 Å². The van der Waals surface area contributed by atoms with Crippen LogP contribution in [0.25, 0.3) is 0 Å². The van der Waals surface area contributed by atoms with Crippen LogP contribution in [0.4, 0.5) is 0 Å². The Hall–Kier alpha value is -1.52. The van der Waals surface area contributed by atoms with Gasteiger partial charge in [-0.2, -0.15) is 5.26 Å². The number of nitriles is 1. The molecular formula is C9H12N4O2S. The minimum atomic E-state index is -3.60. The van der Waals surface area contributed by atoms with Gasteiger partial charge in [0.25, 0.3) is 0 Å². The SMILES string of the molecule is Cc1cnc(CNS(=O)(=O)C(C)C#N)cn1. The summed E-state index contributed by atoms with van der Waals surface area (Å²) in [6.45, 7) is 3.16. The van der Waals surface area contributed by atoms with Crippen LogP contribution >= 0.6 is 0 Å². The van der Waals surface area contributed by atoms with E-state index in [-0.39, 0.29) is 6.54 Å². The number of nitrogens with zero attached hydrogens (tertiary/aromatic N) is 3. The van der Waals surface area contributed by atoms with Gasteiger partial charge >= 0.3 is 0 Å². The lowest BCUT2D eigenvalue weighted by Gasteiger charge is -2.06. The number of aromatic nitrogens is 2. The first-order valence-electron chi connectivity index (χ1n) is 4.61. The number of hydrogen-bond donors (Lipinski definition) is 1. The monoisotopic (exact) mass is 240 g/mol. The summed E-state index contributed by atoms with van der Waals surface area (Å²) in [5.41, 5.74) is 1.27. The van der Waals surface area contributed by atoms with E-state index in [0.717, 1.165) is 5.69 Å². The zero-order valence-electron chi connectivity index (χ0n) is 9.01. The Balaban J connectivity index is 2.66. The van der Waals surface area contributed by atoms with Gasteiger partial charge in [0.05, 0.1) is 30.2 Å². The van der Waals surface area contributed by atoms with Gasteiger partial charge < -0.3 is 0 Å². The van der Waals surface area contributed by atoms with Crippen LogP contribution < -0.4 is 4.72 Å². The van der Waals surface area contributed by atoms with Gasteiger partial charge in [-0.05, 0) is 13.8 Å². The highest BCUT2D eigenvalue weighted by atomic mass is 32.2. The molecule has 0 aliphatic rings. The van der Waals surface area contributed by atoms with Crippen LogP contribution in [-0.2, 0) is 16.6 Å². The molecule has 0 aromatic carbocycles. The fraction of sp³-hybridized carbons (Fsp3) is 0.444. The Labute approximate surface area is 94.4 Å². The maximum Gasteiger partial charge on any atom is 0.228 e. The van der Waals surface area contributed by atoms with E-state index in [1.165, 1.54) is 13.1 Å². The summed E-state index contributed by atoms with van der Waals surface area (Å²) in [6.07, 6.45) is 3.05. The minimum Gasteiger partial charge on any atom is -0.258 e. The first kappa shape index (κ1) is 12.5. The molecule has 0 saturated carbocycles. The van der Waals surface area contributed by atoms with Crippen molar-refractivity contribution in [3.05, 3.63) is 23.8 Å². The molecule has 16 heavy (non-hydrogen) atoms. The third-order valence-electron chi connectivity index (χ3n) is 1.94. The molecule has 1 N–H and O–H groups in total. The van der Waals surface area contributed by atoms with Gasteiger partial charge in [-0.1, -0.05) is 0 Å². The standard InChI is InChI=1S/C9H12N4O2S/c1-7-4-12-9(5-11-7)6-13-16(14,15)8(2)3-10/h4-5,8,13H,6H2,1-2H3. The third kappa shape index (κ3) is 3.25. The van der Waals surface area contributed by atoms with Gasteiger partial charge in [-0.15, -0.1) is 0 Å². The molecule has 6 nitrogen and oxygen atoms in total. The van der Waals surface area contributed by atoms with Crippen molar-refractivity contribution < 1.29 is 8.42 Å². The van der Waals surface area contributed by atoms with Crippen LogP contribution in [0, 0.1) is 18.3 Å². The Morgan fingerprint density at radius 3 is 2.69 bits per heavy atom. The highest BCUT2D eigenvalue weighted by Gasteiger charge is 2.19. The summed E-state index contributed by atoms with van der Waals surface area (Å²) >= 11 is 0. The predicted molar refractivity (Wildman–Crippen MR) is 57.6 cm³/mol. The van der Waals surface area contributed by atoms with Crippen molar-refractivity contribution in [2.24, 2.45) is 0 Å². The smallest absolute Gasteiger partial charge is 0.228 e. The molecule has 1 unspecified atom stereocenters. The second-order valence-corrected chi connectivity index (χ2v) is 5.37. The number of rotatable bonds is 4. The summed E-state index contributed by atoms with van der Waals surface area (Å²) in [7, 11) is -3.60. The van der Waals surface area contributed by atoms with Crippen LogP contribution in [0.1, 0.15) is 18.3 Å². The van der Waals surface area contributed by atoms with E-state index in [2.05, 4.69) is 14.7 Å². The highest BCUT2D eigenvalue weighted by Crippen LogP contribution is 1.99. The lowest BCUT2D eigenvalue weighted by Crippen LogP contribution is -2.31. The molecule has 0 amide bonds. The third-order valence-corrected chi connectivity index (χ3v) is 3.52.